The molecule has 0 radical (unpaired) electrons. The van der Waals surface area contributed by atoms with Gasteiger partial charge in [0.05, 0.1) is 6.54 Å². The van der Waals surface area contributed by atoms with E-state index < -0.39 is 5.60 Å². The Balaban J connectivity index is 0.00000341. The Hall–Kier alpha value is -1.20. The van der Waals surface area contributed by atoms with Crippen molar-refractivity contribution in [3.63, 3.8) is 0 Å². The van der Waals surface area contributed by atoms with E-state index in [9.17, 15) is 5.11 Å². The monoisotopic (exact) mass is 557 g/mol. The van der Waals surface area contributed by atoms with E-state index in [1.807, 2.05) is 24.4 Å². The molecule has 1 aromatic heterocycles. The van der Waals surface area contributed by atoms with Gasteiger partial charge in [0.15, 0.2) is 5.96 Å². The third-order valence-corrected chi connectivity index (χ3v) is 6.50. The number of halogens is 1. The normalized spacial score (nSPS) is 17.6. The molecule has 2 heterocycles. The van der Waals surface area contributed by atoms with Crippen molar-refractivity contribution in [3.05, 3.63) is 58.3 Å². The van der Waals surface area contributed by atoms with E-state index in [-0.39, 0.29) is 24.0 Å². The molecule has 1 fully saturated rings. The van der Waals surface area contributed by atoms with Gasteiger partial charge in [-0.25, -0.2) is 4.99 Å². The first kappa shape index (κ1) is 26.1. The van der Waals surface area contributed by atoms with E-state index in [0.29, 0.717) is 6.54 Å². The predicted molar refractivity (Wildman–Crippen MR) is 141 cm³/mol. The first-order valence-corrected chi connectivity index (χ1v) is 11.7. The molecule has 1 aromatic carbocycles. The summed E-state index contributed by atoms with van der Waals surface area (Å²) in [6.07, 6.45) is 0. The van der Waals surface area contributed by atoms with Crippen LogP contribution in [0.15, 0.2) is 52.8 Å². The van der Waals surface area contributed by atoms with Crippen molar-refractivity contribution < 1.29 is 5.11 Å². The highest BCUT2D eigenvalue weighted by Gasteiger charge is 2.24. The minimum absolute atomic E-state index is 0. The fourth-order valence-electron chi connectivity index (χ4n) is 3.58. The second-order valence-electron chi connectivity index (χ2n) is 7.98. The maximum absolute atomic E-state index is 10.7. The Morgan fingerprint density at radius 3 is 2.42 bits per heavy atom. The lowest BCUT2D eigenvalue weighted by molar-refractivity contribution is 0.0711. The van der Waals surface area contributed by atoms with Crippen molar-refractivity contribution in [2.75, 3.05) is 52.4 Å². The van der Waals surface area contributed by atoms with E-state index in [1.165, 1.54) is 5.56 Å². The Bertz CT molecular complexity index is 762. The zero-order chi connectivity index (χ0) is 21.2. The molecule has 3 N–H and O–H groups in total. The van der Waals surface area contributed by atoms with Crippen LogP contribution in [0, 0.1) is 0 Å². The third-order valence-electron chi connectivity index (χ3n) is 5.38. The van der Waals surface area contributed by atoms with E-state index in [0.717, 1.165) is 63.2 Å². The van der Waals surface area contributed by atoms with Crippen LogP contribution in [0.3, 0.4) is 0 Å². The lowest BCUT2D eigenvalue weighted by Gasteiger charge is -2.34. The fraction of sp³-hybridized carbons (Fsp3) is 0.522. The molecule has 2 aromatic rings. The number of nitrogens with zero attached hydrogens (tertiary/aromatic N) is 3. The highest BCUT2D eigenvalue weighted by molar-refractivity contribution is 14.0. The molecule has 6 nitrogen and oxygen atoms in total. The summed E-state index contributed by atoms with van der Waals surface area (Å²) in [6, 6.07) is 14.6. The van der Waals surface area contributed by atoms with Crippen LogP contribution in [0.5, 0.6) is 0 Å². The van der Waals surface area contributed by atoms with Gasteiger partial charge in [-0.1, -0.05) is 36.4 Å². The Morgan fingerprint density at radius 1 is 1.06 bits per heavy atom. The van der Waals surface area contributed by atoms with E-state index in [4.69, 9.17) is 0 Å². The average molecular weight is 558 g/mol. The zero-order valence-corrected chi connectivity index (χ0v) is 21.7. The number of hydrogen-bond donors (Lipinski definition) is 3. The van der Waals surface area contributed by atoms with Crippen LogP contribution >= 0.6 is 35.3 Å². The SMILES string of the molecule is CCNC(=NCC(C)(O)c1cccs1)NCCN1CCN(Cc2ccccc2)CC1.I. The molecule has 0 bridgehead atoms. The molecule has 1 aliphatic rings. The second-order valence-corrected chi connectivity index (χ2v) is 8.92. The molecule has 172 valence electrons. The van der Waals surface area contributed by atoms with Gasteiger partial charge in [0, 0.05) is 57.2 Å². The molecule has 1 atom stereocenters. The highest BCUT2D eigenvalue weighted by atomic mass is 127. The van der Waals surface area contributed by atoms with Crippen molar-refractivity contribution in [1.82, 2.24) is 20.4 Å². The predicted octanol–water partition coefficient (Wildman–Crippen LogP) is 2.95. The molecular formula is C23H36IN5OS. The number of guanidine groups is 1. The van der Waals surface area contributed by atoms with Crippen molar-refractivity contribution in [3.8, 4) is 0 Å². The van der Waals surface area contributed by atoms with Crippen LogP contribution in [0.2, 0.25) is 0 Å². The van der Waals surface area contributed by atoms with Gasteiger partial charge in [0.25, 0.3) is 0 Å². The van der Waals surface area contributed by atoms with Crippen LogP contribution in [-0.2, 0) is 12.1 Å². The van der Waals surface area contributed by atoms with Gasteiger partial charge in [0.2, 0.25) is 0 Å². The Morgan fingerprint density at radius 2 is 1.77 bits per heavy atom. The van der Waals surface area contributed by atoms with Crippen LogP contribution < -0.4 is 10.6 Å². The second kappa shape index (κ2) is 13.4. The number of aliphatic imine (C=N–C) groups is 1. The lowest BCUT2D eigenvalue weighted by atomic mass is 10.1. The maximum atomic E-state index is 10.7. The first-order chi connectivity index (χ1) is 14.6. The number of aliphatic hydroxyl groups is 1. The van der Waals surface area contributed by atoms with Crippen molar-refractivity contribution in [2.45, 2.75) is 26.0 Å². The first-order valence-electron chi connectivity index (χ1n) is 10.8. The maximum Gasteiger partial charge on any atom is 0.191 e. The van der Waals surface area contributed by atoms with Crippen LogP contribution in [0.4, 0.5) is 0 Å². The summed E-state index contributed by atoms with van der Waals surface area (Å²) < 4.78 is 0. The summed E-state index contributed by atoms with van der Waals surface area (Å²) in [5.41, 5.74) is 0.448. The molecule has 1 saturated heterocycles. The van der Waals surface area contributed by atoms with Crippen LogP contribution in [-0.4, -0.2) is 73.2 Å². The lowest BCUT2D eigenvalue weighted by Crippen LogP contribution is -2.49. The molecule has 8 heteroatoms. The topological polar surface area (TPSA) is 63.1 Å². The summed E-state index contributed by atoms with van der Waals surface area (Å²) in [5.74, 6) is 0.761. The third kappa shape index (κ3) is 8.69. The summed E-state index contributed by atoms with van der Waals surface area (Å²) in [5, 5.41) is 19.4. The minimum atomic E-state index is -0.939. The highest BCUT2D eigenvalue weighted by Crippen LogP contribution is 2.25. The fourth-order valence-corrected chi connectivity index (χ4v) is 4.36. The van der Waals surface area contributed by atoms with Gasteiger partial charge in [0.1, 0.15) is 5.60 Å². The molecule has 1 unspecified atom stereocenters. The molecule has 0 amide bonds. The summed E-state index contributed by atoms with van der Waals surface area (Å²) >= 11 is 1.56. The van der Waals surface area contributed by atoms with Crippen LogP contribution in [0.25, 0.3) is 0 Å². The van der Waals surface area contributed by atoms with Gasteiger partial charge in [-0.3, -0.25) is 9.80 Å². The Kier molecular flexibility index (Phi) is 11.2. The number of piperazine rings is 1. The number of hydrogen-bond acceptors (Lipinski definition) is 5. The van der Waals surface area contributed by atoms with Crippen molar-refractivity contribution in [1.29, 1.82) is 0 Å². The van der Waals surface area contributed by atoms with Gasteiger partial charge < -0.3 is 15.7 Å². The standard InChI is InChI=1S/C23H35N5OS.HI/c1-3-24-22(26-19-23(2,29)21-10-7-17-30-21)25-11-12-27-13-15-28(16-14-27)18-20-8-5-4-6-9-20;/h4-10,17,29H,3,11-16,18-19H2,1-2H3,(H2,24,25,26);1H. The molecular weight excluding hydrogens is 521 g/mol. The van der Waals surface area contributed by atoms with Gasteiger partial charge in [-0.15, -0.1) is 35.3 Å². The average Bonchev–Trinajstić information content (AvgIpc) is 3.30. The van der Waals surface area contributed by atoms with Crippen LogP contribution in [0.1, 0.15) is 24.3 Å². The van der Waals surface area contributed by atoms with E-state index in [2.05, 4.69) is 62.7 Å². The molecule has 0 saturated carbocycles. The van der Waals surface area contributed by atoms with Crippen molar-refractivity contribution >= 4 is 41.3 Å². The Labute approximate surface area is 207 Å². The summed E-state index contributed by atoms with van der Waals surface area (Å²) in [7, 11) is 0. The zero-order valence-electron chi connectivity index (χ0n) is 18.6. The number of thiophene rings is 1. The van der Waals surface area contributed by atoms with E-state index >= 15 is 0 Å². The summed E-state index contributed by atoms with van der Waals surface area (Å²) in [6.45, 7) is 12.3. The summed E-state index contributed by atoms with van der Waals surface area (Å²) in [4.78, 5) is 10.6. The molecule has 0 aliphatic carbocycles. The molecule has 0 spiro atoms. The smallest absolute Gasteiger partial charge is 0.191 e. The quantitative estimate of drug-likeness (QED) is 0.252. The number of nitrogens with one attached hydrogen (secondary N) is 2. The number of rotatable bonds is 9. The number of benzene rings is 1. The molecule has 31 heavy (non-hydrogen) atoms. The molecule has 1 aliphatic heterocycles. The minimum Gasteiger partial charge on any atom is -0.383 e. The largest absolute Gasteiger partial charge is 0.383 e. The van der Waals surface area contributed by atoms with Gasteiger partial charge in [-0.2, -0.15) is 0 Å². The van der Waals surface area contributed by atoms with E-state index in [1.54, 1.807) is 11.3 Å². The van der Waals surface area contributed by atoms with Gasteiger partial charge in [-0.05, 0) is 30.9 Å². The van der Waals surface area contributed by atoms with Crippen molar-refractivity contribution in [2.24, 2.45) is 4.99 Å². The van der Waals surface area contributed by atoms with Gasteiger partial charge >= 0.3 is 0 Å². The molecule has 3 rings (SSSR count).